The van der Waals surface area contributed by atoms with Crippen molar-refractivity contribution in [3.05, 3.63) is 170 Å². The molecular weight excluding hydrogens is 757 g/mol. The summed E-state index contributed by atoms with van der Waals surface area (Å²) in [6.07, 6.45) is 7.31. The Hall–Kier alpha value is -7.40. The monoisotopic (exact) mass is 784 g/mol. The van der Waals surface area contributed by atoms with Gasteiger partial charge in [-0.2, -0.15) is 0 Å². The normalized spacial score (nSPS) is 12.7. The Morgan fingerprint density at radius 2 is 0.776 bits per heavy atom. The summed E-state index contributed by atoms with van der Waals surface area (Å²) in [5, 5.41) is 1.79. The van der Waals surface area contributed by atoms with Gasteiger partial charge in [0.05, 0.1) is 44.5 Å². The number of aromatic nitrogens is 4. The number of nitrogens with zero attached hydrogens (tertiary/aromatic N) is 6. The molecule has 0 bridgehead atoms. The highest BCUT2D eigenvalue weighted by Gasteiger charge is 2.29. The molecule has 2 aliphatic rings. The van der Waals surface area contributed by atoms with Gasteiger partial charge < -0.3 is 19.3 Å². The van der Waals surface area contributed by atoms with Crippen molar-refractivity contribution < 1.29 is 9.47 Å². The highest BCUT2D eigenvalue weighted by atomic mass is 32.1. The van der Waals surface area contributed by atoms with Crippen molar-refractivity contribution in [3.63, 3.8) is 0 Å². The lowest BCUT2D eigenvalue weighted by atomic mass is 9.93. The first-order chi connectivity index (χ1) is 28.7. The SMILES string of the molecule is c1ccc2c(c1)Oc1ccccc1N2c1ccc(-c2ccc(N3c4ccccc4Oc4ccccc43)cc2-c2nc3cnccc3s2)c(-c2nc3cnccc3s2)c1. The van der Waals surface area contributed by atoms with Crippen LogP contribution in [0, 0.1) is 0 Å². The van der Waals surface area contributed by atoms with Gasteiger partial charge in [0, 0.05) is 34.9 Å². The van der Waals surface area contributed by atoms with Crippen molar-refractivity contribution in [2.75, 3.05) is 9.80 Å². The first-order valence-corrected chi connectivity index (χ1v) is 20.4. The Kier molecular flexibility index (Phi) is 7.40. The average Bonchev–Trinajstić information content (AvgIpc) is 3.92. The van der Waals surface area contributed by atoms with Gasteiger partial charge in [0.1, 0.15) is 21.0 Å². The summed E-state index contributed by atoms with van der Waals surface area (Å²) in [5.41, 5.74) is 11.6. The molecule has 2 aliphatic heterocycles. The van der Waals surface area contributed by atoms with Crippen LogP contribution < -0.4 is 19.3 Å². The molecule has 0 spiro atoms. The van der Waals surface area contributed by atoms with E-state index in [1.807, 2.05) is 110 Å². The minimum atomic E-state index is 0.798. The van der Waals surface area contributed by atoms with Crippen LogP contribution in [0.4, 0.5) is 34.1 Å². The van der Waals surface area contributed by atoms with Gasteiger partial charge in [-0.1, -0.05) is 60.7 Å². The van der Waals surface area contributed by atoms with Gasteiger partial charge in [-0.05, 0) is 96.1 Å². The van der Waals surface area contributed by atoms with E-state index in [2.05, 4.69) is 80.4 Å². The number of para-hydroxylation sites is 8. The number of anilines is 6. The maximum absolute atomic E-state index is 6.39. The van der Waals surface area contributed by atoms with E-state index in [1.165, 1.54) is 0 Å². The fourth-order valence-electron chi connectivity index (χ4n) is 7.92. The summed E-state index contributed by atoms with van der Waals surface area (Å²) in [4.78, 5) is 23.7. The second-order valence-electron chi connectivity index (χ2n) is 13.9. The van der Waals surface area contributed by atoms with Crippen molar-refractivity contribution in [3.8, 4) is 55.3 Å². The molecular formula is C48H28N6O2S2. The lowest BCUT2D eigenvalue weighted by Crippen LogP contribution is -2.16. The summed E-state index contributed by atoms with van der Waals surface area (Å²) >= 11 is 3.33. The molecule has 0 atom stereocenters. The quantitative estimate of drug-likeness (QED) is 0.171. The van der Waals surface area contributed by atoms with E-state index in [-0.39, 0.29) is 0 Å². The van der Waals surface area contributed by atoms with E-state index in [1.54, 1.807) is 22.7 Å². The van der Waals surface area contributed by atoms with Crippen molar-refractivity contribution in [1.29, 1.82) is 0 Å². The molecule has 0 aliphatic carbocycles. The number of benzene rings is 6. The number of fused-ring (bicyclic) bond motifs is 6. The molecule has 0 amide bonds. The van der Waals surface area contributed by atoms with Crippen LogP contribution in [0.15, 0.2) is 170 Å². The van der Waals surface area contributed by atoms with E-state index in [9.17, 15) is 0 Å². The fourth-order valence-corrected chi connectivity index (χ4v) is 9.85. The third-order valence-corrected chi connectivity index (χ3v) is 12.7. The van der Waals surface area contributed by atoms with Gasteiger partial charge in [0.15, 0.2) is 23.0 Å². The number of hydrogen-bond acceptors (Lipinski definition) is 10. The third kappa shape index (κ3) is 5.27. The van der Waals surface area contributed by atoms with Crippen LogP contribution in [0.25, 0.3) is 52.7 Å². The summed E-state index contributed by atoms with van der Waals surface area (Å²) in [6.45, 7) is 0. The van der Waals surface area contributed by atoms with E-state index in [0.717, 1.165) is 110 Å². The molecule has 0 saturated heterocycles. The first-order valence-electron chi connectivity index (χ1n) is 18.8. The second-order valence-corrected chi connectivity index (χ2v) is 16.0. The highest BCUT2D eigenvalue weighted by Crippen LogP contribution is 2.54. The molecule has 12 rings (SSSR count). The van der Waals surface area contributed by atoms with E-state index in [0.29, 0.717) is 0 Å². The van der Waals surface area contributed by atoms with E-state index >= 15 is 0 Å². The summed E-state index contributed by atoms with van der Waals surface area (Å²) in [6, 6.07) is 50.1. The number of rotatable bonds is 5. The number of hydrogen-bond donors (Lipinski definition) is 0. The highest BCUT2D eigenvalue weighted by molar-refractivity contribution is 7.22. The third-order valence-electron chi connectivity index (χ3n) is 10.5. The van der Waals surface area contributed by atoms with Gasteiger partial charge in [-0.25, -0.2) is 9.97 Å². The molecule has 0 fully saturated rings. The summed E-state index contributed by atoms with van der Waals surface area (Å²) in [5.74, 6) is 3.19. The number of ether oxygens (including phenoxy) is 2. The molecule has 10 heteroatoms. The molecule has 6 aromatic carbocycles. The smallest absolute Gasteiger partial charge is 0.151 e. The minimum absolute atomic E-state index is 0.798. The molecule has 8 nitrogen and oxygen atoms in total. The Morgan fingerprint density at radius 3 is 1.16 bits per heavy atom. The molecule has 0 unspecified atom stereocenters. The van der Waals surface area contributed by atoms with Gasteiger partial charge in [0.25, 0.3) is 0 Å². The topological polar surface area (TPSA) is 76.5 Å². The van der Waals surface area contributed by atoms with Gasteiger partial charge in [-0.3, -0.25) is 9.97 Å². The van der Waals surface area contributed by atoms with Crippen molar-refractivity contribution >= 4 is 77.2 Å². The van der Waals surface area contributed by atoms with Crippen LogP contribution in [0.5, 0.6) is 23.0 Å². The van der Waals surface area contributed by atoms with Gasteiger partial charge in [-0.15, -0.1) is 22.7 Å². The molecule has 0 N–H and O–H groups in total. The zero-order chi connectivity index (χ0) is 38.2. The van der Waals surface area contributed by atoms with Crippen LogP contribution in [-0.4, -0.2) is 19.9 Å². The van der Waals surface area contributed by atoms with Crippen LogP contribution >= 0.6 is 22.7 Å². The predicted molar refractivity (Wildman–Crippen MR) is 234 cm³/mol. The van der Waals surface area contributed by atoms with Crippen LogP contribution in [0.2, 0.25) is 0 Å². The molecule has 274 valence electrons. The Labute approximate surface area is 340 Å². The largest absolute Gasteiger partial charge is 0.453 e. The second kappa shape index (κ2) is 13.1. The summed E-state index contributed by atoms with van der Waals surface area (Å²) in [7, 11) is 0. The van der Waals surface area contributed by atoms with Crippen molar-refractivity contribution in [1.82, 2.24) is 19.9 Å². The Balaban J connectivity index is 1.11. The van der Waals surface area contributed by atoms with Crippen LogP contribution in [-0.2, 0) is 0 Å². The minimum Gasteiger partial charge on any atom is -0.453 e. The van der Waals surface area contributed by atoms with Crippen molar-refractivity contribution in [2.24, 2.45) is 0 Å². The summed E-state index contributed by atoms with van der Waals surface area (Å²) < 4.78 is 14.9. The average molecular weight is 785 g/mol. The lowest BCUT2D eigenvalue weighted by molar-refractivity contribution is 0.477. The van der Waals surface area contributed by atoms with E-state index < -0.39 is 0 Å². The van der Waals surface area contributed by atoms with Crippen molar-refractivity contribution in [2.45, 2.75) is 0 Å². The maximum Gasteiger partial charge on any atom is 0.151 e. The zero-order valence-electron chi connectivity index (χ0n) is 30.5. The maximum atomic E-state index is 6.39. The number of pyridine rings is 2. The van der Waals surface area contributed by atoms with E-state index in [4.69, 9.17) is 19.4 Å². The standard InChI is InChI=1S/C48H28N6O2S2/c1-5-13-41-37(9-1)53(38-10-2-6-14-42(38)55-41)29-17-19-31(33(25-29)47-51-35-27-49-23-21-45(35)57-47)32-20-18-30(26-34(32)48-52-36-28-50-24-22-46(36)58-48)54-39-11-3-7-15-43(39)56-44-16-8-4-12-40(44)54/h1-28H. The first kappa shape index (κ1) is 32.8. The molecule has 6 heterocycles. The zero-order valence-corrected chi connectivity index (χ0v) is 32.1. The molecule has 4 aromatic heterocycles. The Morgan fingerprint density at radius 1 is 0.397 bits per heavy atom. The fraction of sp³-hybridized carbons (Fsp3) is 0. The predicted octanol–water partition coefficient (Wildman–Crippen LogP) is 13.8. The van der Waals surface area contributed by atoms with Gasteiger partial charge in [0.2, 0.25) is 0 Å². The Bertz CT molecular complexity index is 2880. The van der Waals surface area contributed by atoms with Gasteiger partial charge >= 0.3 is 0 Å². The molecule has 0 radical (unpaired) electrons. The molecule has 0 saturated carbocycles. The number of thiazole rings is 2. The molecule has 10 aromatic rings. The lowest BCUT2D eigenvalue weighted by Gasteiger charge is -2.33. The molecule has 58 heavy (non-hydrogen) atoms. The van der Waals surface area contributed by atoms with Crippen LogP contribution in [0.3, 0.4) is 0 Å². The van der Waals surface area contributed by atoms with Crippen LogP contribution in [0.1, 0.15) is 0 Å².